The lowest BCUT2D eigenvalue weighted by atomic mass is 9.53. The topological polar surface area (TPSA) is 77.0 Å². The molecule has 2 aromatic rings. The molecule has 4 aliphatic carbocycles. The van der Waals surface area contributed by atoms with E-state index in [9.17, 15) is 0 Å². The first-order valence-electron chi connectivity index (χ1n) is 9.07. The molecule has 0 saturated heterocycles. The Balaban J connectivity index is 1.41. The van der Waals surface area contributed by atoms with Gasteiger partial charge in [0, 0.05) is 11.1 Å². The number of benzene rings is 1. The van der Waals surface area contributed by atoms with Crippen LogP contribution < -0.4 is 11.1 Å². The average molecular weight is 324 g/mol. The molecule has 0 spiro atoms. The van der Waals surface area contributed by atoms with Gasteiger partial charge < -0.3 is 15.6 Å². The molecule has 0 aliphatic heterocycles. The Kier molecular flexibility index (Phi) is 2.97. The lowest BCUT2D eigenvalue weighted by Crippen LogP contribution is -2.54. The predicted molar refractivity (Wildman–Crippen MR) is 93.4 cm³/mol. The molecule has 4 saturated carbocycles. The van der Waals surface area contributed by atoms with Crippen LogP contribution in [0.5, 0.6) is 0 Å². The van der Waals surface area contributed by atoms with Crippen molar-refractivity contribution in [2.45, 2.75) is 51.0 Å². The zero-order valence-corrected chi connectivity index (χ0v) is 14.1. The Morgan fingerprint density at radius 3 is 2.33 bits per heavy atom. The summed E-state index contributed by atoms with van der Waals surface area (Å²) in [6, 6.07) is 6.03. The summed E-state index contributed by atoms with van der Waals surface area (Å²) >= 11 is 0. The molecule has 5 nitrogen and oxygen atoms in total. The molecule has 4 aliphatic rings. The zero-order valence-electron chi connectivity index (χ0n) is 14.1. The fourth-order valence-corrected chi connectivity index (χ4v) is 5.77. The van der Waals surface area contributed by atoms with Crippen molar-refractivity contribution in [3.05, 3.63) is 24.0 Å². The van der Waals surface area contributed by atoms with E-state index in [0.717, 1.165) is 34.7 Å². The lowest BCUT2D eigenvalue weighted by Gasteiger charge is -2.57. The third-order valence-electron chi connectivity index (χ3n) is 6.26. The molecule has 0 radical (unpaired) electrons. The van der Waals surface area contributed by atoms with Gasteiger partial charge in [-0.1, -0.05) is 5.16 Å². The molecular weight excluding hydrogens is 300 g/mol. The molecular formula is C19H24N4O. The first kappa shape index (κ1) is 14.3. The molecule has 3 N–H and O–H groups in total. The van der Waals surface area contributed by atoms with Crippen molar-refractivity contribution in [1.29, 1.82) is 0 Å². The fourth-order valence-electron chi connectivity index (χ4n) is 5.77. The third-order valence-corrected chi connectivity index (χ3v) is 6.26. The van der Waals surface area contributed by atoms with Gasteiger partial charge in [0.2, 0.25) is 0 Å². The van der Waals surface area contributed by atoms with Crippen molar-refractivity contribution >= 4 is 11.4 Å². The predicted octanol–water partition coefficient (Wildman–Crippen LogP) is 4.01. The maximum Gasteiger partial charge on any atom is 0.257 e. The van der Waals surface area contributed by atoms with Crippen LogP contribution in [0.25, 0.3) is 11.5 Å². The van der Waals surface area contributed by atoms with E-state index in [4.69, 9.17) is 10.3 Å². The molecule has 0 amide bonds. The van der Waals surface area contributed by atoms with Crippen molar-refractivity contribution in [3.63, 3.8) is 0 Å². The van der Waals surface area contributed by atoms with Gasteiger partial charge in [0.15, 0.2) is 5.82 Å². The zero-order chi connectivity index (χ0) is 16.3. The molecule has 0 unspecified atom stereocenters. The number of hydrogen-bond donors (Lipinski definition) is 2. The van der Waals surface area contributed by atoms with E-state index in [1.165, 1.54) is 38.5 Å². The van der Waals surface area contributed by atoms with E-state index in [1.807, 2.05) is 19.1 Å². The molecule has 1 aromatic carbocycles. The second-order valence-electron chi connectivity index (χ2n) is 8.27. The van der Waals surface area contributed by atoms with Crippen LogP contribution in [0.1, 0.15) is 44.3 Å². The lowest BCUT2D eigenvalue weighted by molar-refractivity contribution is 0.0107. The molecule has 4 fully saturated rings. The molecule has 0 atom stereocenters. The molecule has 126 valence electrons. The van der Waals surface area contributed by atoms with Crippen LogP contribution in [0.2, 0.25) is 0 Å². The smallest absolute Gasteiger partial charge is 0.257 e. The Morgan fingerprint density at radius 2 is 1.79 bits per heavy atom. The Bertz CT molecular complexity index is 746. The monoisotopic (exact) mass is 324 g/mol. The first-order chi connectivity index (χ1) is 11.6. The number of hydrogen-bond acceptors (Lipinski definition) is 5. The van der Waals surface area contributed by atoms with Gasteiger partial charge in [-0.25, -0.2) is 0 Å². The summed E-state index contributed by atoms with van der Waals surface area (Å²) in [6.07, 6.45) is 8.28. The van der Waals surface area contributed by atoms with Crippen LogP contribution in [0.4, 0.5) is 11.4 Å². The summed E-state index contributed by atoms with van der Waals surface area (Å²) in [4.78, 5) is 4.28. The van der Waals surface area contributed by atoms with Crippen molar-refractivity contribution in [3.8, 4) is 11.5 Å². The van der Waals surface area contributed by atoms with E-state index in [-0.39, 0.29) is 5.54 Å². The van der Waals surface area contributed by atoms with E-state index in [1.54, 1.807) is 0 Å². The summed E-state index contributed by atoms with van der Waals surface area (Å²) in [5, 5.41) is 7.70. The van der Waals surface area contributed by atoms with Crippen LogP contribution in [-0.2, 0) is 0 Å². The van der Waals surface area contributed by atoms with Gasteiger partial charge in [0.25, 0.3) is 5.89 Å². The van der Waals surface area contributed by atoms with Gasteiger partial charge in [-0.3, -0.25) is 0 Å². The number of anilines is 2. The van der Waals surface area contributed by atoms with Gasteiger partial charge >= 0.3 is 0 Å². The quantitative estimate of drug-likeness (QED) is 0.834. The van der Waals surface area contributed by atoms with Crippen molar-refractivity contribution < 1.29 is 4.52 Å². The fraction of sp³-hybridized carbons (Fsp3) is 0.579. The highest BCUT2D eigenvalue weighted by Crippen LogP contribution is 2.56. The summed E-state index contributed by atoms with van der Waals surface area (Å²) in [6.45, 7) is 1.82. The second kappa shape index (κ2) is 4.98. The summed E-state index contributed by atoms with van der Waals surface area (Å²) in [7, 11) is 0. The number of nitrogen functional groups attached to an aromatic ring is 1. The second-order valence-corrected chi connectivity index (χ2v) is 8.27. The Hall–Kier alpha value is -2.04. The number of rotatable bonds is 3. The first-order valence-corrected chi connectivity index (χ1v) is 9.07. The normalized spacial score (nSPS) is 33.8. The third kappa shape index (κ3) is 2.29. The van der Waals surface area contributed by atoms with Gasteiger partial charge in [-0.15, -0.1) is 0 Å². The molecule has 4 bridgehead atoms. The van der Waals surface area contributed by atoms with Crippen LogP contribution in [-0.4, -0.2) is 15.7 Å². The minimum Gasteiger partial charge on any atom is -0.397 e. The molecule has 24 heavy (non-hydrogen) atoms. The maximum absolute atomic E-state index is 6.34. The number of nitrogens with one attached hydrogen (secondary N) is 1. The Labute approximate surface area is 142 Å². The van der Waals surface area contributed by atoms with Gasteiger partial charge in [-0.05, 0) is 81.4 Å². The number of aryl methyl sites for hydroxylation is 1. The molecule has 6 rings (SSSR count). The van der Waals surface area contributed by atoms with Crippen LogP contribution in [0, 0.1) is 24.7 Å². The average Bonchev–Trinajstić information content (AvgIpc) is 2.94. The summed E-state index contributed by atoms with van der Waals surface area (Å²) in [5.74, 6) is 3.93. The summed E-state index contributed by atoms with van der Waals surface area (Å²) < 4.78 is 5.24. The Morgan fingerprint density at radius 1 is 1.12 bits per heavy atom. The largest absolute Gasteiger partial charge is 0.397 e. The summed E-state index contributed by atoms with van der Waals surface area (Å²) in [5.41, 5.74) is 9.31. The SMILES string of the molecule is Cc1noc(-c2ccc(NC34CC5CC(CC(C5)C3)C4)c(N)c2)n1. The molecule has 1 aromatic heterocycles. The van der Waals surface area contributed by atoms with Gasteiger partial charge in [0.1, 0.15) is 0 Å². The van der Waals surface area contributed by atoms with Crippen LogP contribution in [0.3, 0.4) is 0 Å². The molecule has 1 heterocycles. The highest BCUT2D eigenvalue weighted by atomic mass is 16.5. The van der Waals surface area contributed by atoms with E-state index in [0.29, 0.717) is 11.7 Å². The van der Waals surface area contributed by atoms with Crippen molar-refractivity contribution in [2.24, 2.45) is 17.8 Å². The van der Waals surface area contributed by atoms with E-state index >= 15 is 0 Å². The van der Waals surface area contributed by atoms with Gasteiger partial charge in [0.05, 0.1) is 11.4 Å². The number of nitrogens with two attached hydrogens (primary N) is 1. The minimum absolute atomic E-state index is 0.269. The standard InChI is InChI=1S/C19H24N4O/c1-11-21-18(24-23-11)15-2-3-17(16(20)7-15)22-19-8-12-4-13(9-19)6-14(5-12)10-19/h2-3,7,12-14,22H,4-6,8-10,20H2,1H3. The van der Waals surface area contributed by atoms with Crippen LogP contribution >= 0.6 is 0 Å². The number of aromatic nitrogens is 2. The van der Waals surface area contributed by atoms with Gasteiger partial charge in [-0.2, -0.15) is 4.98 Å². The van der Waals surface area contributed by atoms with E-state index < -0.39 is 0 Å². The maximum atomic E-state index is 6.34. The minimum atomic E-state index is 0.269. The van der Waals surface area contributed by atoms with Crippen molar-refractivity contribution in [2.75, 3.05) is 11.1 Å². The molecule has 5 heteroatoms. The van der Waals surface area contributed by atoms with Crippen LogP contribution in [0.15, 0.2) is 22.7 Å². The number of nitrogens with zero attached hydrogens (tertiary/aromatic N) is 2. The van der Waals surface area contributed by atoms with E-state index in [2.05, 4.69) is 21.5 Å². The highest BCUT2D eigenvalue weighted by molar-refractivity contribution is 5.73. The van der Waals surface area contributed by atoms with Crippen molar-refractivity contribution in [1.82, 2.24) is 10.1 Å². The highest BCUT2D eigenvalue weighted by Gasteiger charge is 2.50.